The molecule has 1 amide bonds. The summed E-state index contributed by atoms with van der Waals surface area (Å²) in [5.74, 6) is 1.71. The van der Waals surface area contributed by atoms with Crippen molar-refractivity contribution in [3.8, 4) is 23.0 Å². The van der Waals surface area contributed by atoms with Crippen LogP contribution in [0.3, 0.4) is 0 Å². The highest BCUT2D eigenvalue weighted by Crippen LogP contribution is 2.40. The largest absolute Gasteiger partial charge is 0.497 e. The summed E-state index contributed by atoms with van der Waals surface area (Å²) in [5.41, 5.74) is 2.60. The number of allylic oxidation sites excluding steroid dienone is 1. The van der Waals surface area contributed by atoms with Gasteiger partial charge in [0, 0.05) is 17.3 Å². The summed E-state index contributed by atoms with van der Waals surface area (Å²) >= 11 is 0. The molecule has 1 aromatic heterocycles. The van der Waals surface area contributed by atoms with E-state index in [1.54, 1.807) is 67.2 Å². The van der Waals surface area contributed by atoms with Gasteiger partial charge in [-0.15, -0.1) is 0 Å². The topological polar surface area (TPSA) is 109 Å². The highest BCUT2D eigenvalue weighted by molar-refractivity contribution is 6.06. The monoisotopic (exact) mass is 559 g/mol. The van der Waals surface area contributed by atoms with Crippen molar-refractivity contribution in [1.29, 1.82) is 0 Å². The maximum absolute atomic E-state index is 14.2. The number of halogens is 1. The van der Waals surface area contributed by atoms with Crippen molar-refractivity contribution >= 4 is 17.5 Å². The number of amides is 1. The number of hydrogen-bond acceptors (Lipinski definition) is 8. The lowest BCUT2D eigenvalue weighted by atomic mass is 9.94. The van der Waals surface area contributed by atoms with Gasteiger partial charge in [0.25, 0.3) is 5.91 Å². The number of methoxy groups -OCH3 is 2. The molecule has 2 N–H and O–H groups in total. The number of rotatable bonds is 10. The van der Waals surface area contributed by atoms with Crippen LogP contribution in [0.2, 0.25) is 0 Å². The van der Waals surface area contributed by atoms with Crippen LogP contribution in [-0.4, -0.2) is 41.5 Å². The first-order valence-electron chi connectivity index (χ1n) is 13.0. The summed E-state index contributed by atoms with van der Waals surface area (Å²) in [4.78, 5) is 18.2. The van der Waals surface area contributed by atoms with E-state index in [4.69, 9.17) is 18.9 Å². The molecule has 0 saturated heterocycles. The third-order valence-corrected chi connectivity index (χ3v) is 6.62. The summed E-state index contributed by atoms with van der Waals surface area (Å²) < 4.78 is 38.4. The molecule has 0 unspecified atom stereocenters. The quantitative estimate of drug-likeness (QED) is 0.268. The smallest absolute Gasteiger partial charge is 0.255 e. The number of nitrogens with one attached hydrogen (secondary N) is 2. The Bertz CT molecular complexity index is 1600. The fraction of sp³-hybridized carbons (Fsp3) is 0.233. The molecular weight excluding hydrogens is 529 g/mol. The highest BCUT2D eigenvalue weighted by Gasteiger charge is 2.34. The standard InChI is InChI=1S/C30H30FN5O5/c1-5-40-26-14-19(10-12-25(26)41-16-20-8-6-7-9-22(20)31)28-27(18(2)34-30-32-17-33-36(28)30)29(37)35-23-15-21(38-3)11-13-24(23)39-4/h6-15,17,28H,5,16H2,1-4H3,(H,35,37)(H,32,33,34)/t28-/m1/s1. The molecule has 1 atom stereocenters. The van der Waals surface area contributed by atoms with Crippen LogP contribution in [0.1, 0.15) is 31.0 Å². The van der Waals surface area contributed by atoms with Crippen molar-refractivity contribution in [2.75, 3.05) is 31.5 Å². The van der Waals surface area contributed by atoms with Gasteiger partial charge in [-0.1, -0.05) is 24.3 Å². The highest BCUT2D eigenvalue weighted by atomic mass is 19.1. The molecule has 2 heterocycles. The van der Waals surface area contributed by atoms with E-state index >= 15 is 0 Å². The molecule has 10 nitrogen and oxygen atoms in total. The Kier molecular flexibility index (Phi) is 8.04. The van der Waals surface area contributed by atoms with Crippen LogP contribution in [0.5, 0.6) is 23.0 Å². The van der Waals surface area contributed by atoms with Gasteiger partial charge >= 0.3 is 0 Å². The number of anilines is 2. The first-order valence-corrected chi connectivity index (χ1v) is 13.0. The van der Waals surface area contributed by atoms with Gasteiger partial charge in [-0.3, -0.25) is 4.79 Å². The second-order valence-electron chi connectivity index (χ2n) is 9.13. The van der Waals surface area contributed by atoms with Crippen molar-refractivity contribution in [1.82, 2.24) is 14.8 Å². The number of fused-ring (bicyclic) bond motifs is 1. The molecule has 11 heteroatoms. The minimum Gasteiger partial charge on any atom is -0.497 e. The Hall–Kier alpha value is -5.06. The van der Waals surface area contributed by atoms with Crippen molar-refractivity contribution in [2.24, 2.45) is 0 Å². The van der Waals surface area contributed by atoms with Crippen LogP contribution in [0, 0.1) is 5.82 Å². The Morgan fingerprint density at radius 1 is 1.02 bits per heavy atom. The predicted molar refractivity (Wildman–Crippen MR) is 151 cm³/mol. The molecule has 3 aromatic carbocycles. The van der Waals surface area contributed by atoms with Crippen molar-refractivity contribution in [2.45, 2.75) is 26.5 Å². The van der Waals surface area contributed by atoms with Gasteiger partial charge in [-0.2, -0.15) is 10.1 Å². The average Bonchev–Trinajstić information content (AvgIpc) is 3.44. The molecule has 0 bridgehead atoms. The Balaban J connectivity index is 1.51. The van der Waals surface area contributed by atoms with Gasteiger partial charge in [0.05, 0.1) is 32.1 Å². The fourth-order valence-electron chi connectivity index (χ4n) is 4.65. The van der Waals surface area contributed by atoms with E-state index in [9.17, 15) is 9.18 Å². The minimum absolute atomic E-state index is 0.0295. The molecule has 0 spiro atoms. The van der Waals surface area contributed by atoms with Gasteiger partial charge < -0.3 is 29.6 Å². The summed E-state index contributed by atoms with van der Waals surface area (Å²) in [5, 5.41) is 10.5. The van der Waals surface area contributed by atoms with Gasteiger partial charge in [-0.05, 0) is 49.7 Å². The minimum atomic E-state index is -0.648. The Morgan fingerprint density at radius 3 is 2.59 bits per heavy atom. The number of aromatic nitrogens is 3. The van der Waals surface area contributed by atoms with E-state index in [-0.39, 0.29) is 18.3 Å². The molecule has 4 aromatic rings. The summed E-state index contributed by atoms with van der Waals surface area (Å²) in [7, 11) is 3.08. The van der Waals surface area contributed by atoms with Crippen LogP contribution in [0.25, 0.3) is 0 Å². The van der Waals surface area contributed by atoms with Crippen LogP contribution in [-0.2, 0) is 11.4 Å². The van der Waals surface area contributed by atoms with E-state index in [1.807, 2.05) is 13.0 Å². The molecule has 0 saturated carbocycles. The molecule has 1 aliphatic heterocycles. The first-order chi connectivity index (χ1) is 19.9. The first kappa shape index (κ1) is 27.5. The molecule has 212 valence electrons. The molecule has 0 aliphatic carbocycles. The van der Waals surface area contributed by atoms with Crippen LogP contribution in [0.15, 0.2) is 78.3 Å². The Labute approximate surface area is 236 Å². The zero-order valence-electron chi connectivity index (χ0n) is 23.1. The zero-order valence-corrected chi connectivity index (χ0v) is 23.1. The van der Waals surface area contributed by atoms with E-state index in [0.717, 1.165) is 0 Å². The van der Waals surface area contributed by atoms with Gasteiger partial charge in [-0.25, -0.2) is 9.07 Å². The molecule has 1 aliphatic rings. The number of benzene rings is 3. The summed E-state index contributed by atoms with van der Waals surface area (Å²) in [6.45, 7) is 4.07. The number of nitrogens with zero attached hydrogens (tertiary/aromatic N) is 3. The third-order valence-electron chi connectivity index (χ3n) is 6.62. The van der Waals surface area contributed by atoms with Crippen molar-refractivity contribution in [3.63, 3.8) is 0 Å². The number of ether oxygens (including phenoxy) is 4. The second-order valence-corrected chi connectivity index (χ2v) is 9.13. The number of hydrogen-bond donors (Lipinski definition) is 2. The van der Waals surface area contributed by atoms with E-state index < -0.39 is 6.04 Å². The van der Waals surface area contributed by atoms with Crippen LogP contribution in [0.4, 0.5) is 16.0 Å². The average molecular weight is 560 g/mol. The fourth-order valence-corrected chi connectivity index (χ4v) is 4.65. The number of carbonyl (C=O) groups excluding carboxylic acids is 1. The summed E-state index contributed by atoms with van der Waals surface area (Å²) in [6.07, 6.45) is 1.42. The maximum atomic E-state index is 14.2. The van der Waals surface area contributed by atoms with Crippen LogP contribution >= 0.6 is 0 Å². The molecule has 0 radical (unpaired) electrons. The van der Waals surface area contributed by atoms with Gasteiger partial charge in [0.2, 0.25) is 5.95 Å². The van der Waals surface area contributed by atoms with Crippen molar-refractivity contribution in [3.05, 3.63) is 95.2 Å². The lowest BCUT2D eigenvalue weighted by molar-refractivity contribution is -0.113. The molecule has 0 fully saturated rings. The number of carbonyl (C=O) groups is 1. The van der Waals surface area contributed by atoms with E-state index in [1.165, 1.54) is 19.5 Å². The van der Waals surface area contributed by atoms with Crippen LogP contribution < -0.4 is 29.6 Å². The SMILES string of the molecule is CCOc1cc([C@@H]2C(C(=O)Nc3cc(OC)ccc3OC)=C(C)Nc3ncnn32)ccc1OCc1ccccc1F. The maximum Gasteiger partial charge on any atom is 0.255 e. The Morgan fingerprint density at radius 2 is 1.83 bits per heavy atom. The molecule has 5 rings (SSSR count). The lowest BCUT2D eigenvalue weighted by Gasteiger charge is -2.29. The lowest BCUT2D eigenvalue weighted by Crippen LogP contribution is -2.31. The molecule has 41 heavy (non-hydrogen) atoms. The second kappa shape index (κ2) is 12.0. The van der Waals surface area contributed by atoms with E-state index in [2.05, 4.69) is 20.7 Å². The normalized spacial score (nSPS) is 14.1. The summed E-state index contributed by atoms with van der Waals surface area (Å²) in [6, 6.07) is 16.3. The van der Waals surface area contributed by atoms with Crippen molar-refractivity contribution < 1.29 is 28.1 Å². The predicted octanol–water partition coefficient (Wildman–Crippen LogP) is 5.34. The zero-order chi connectivity index (χ0) is 28.9. The van der Waals surface area contributed by atoms with E-state index in [0.29, 0.717) is 63.6 Å². The van der Waals surface area contributed by atoms with Gasteiger partial charge in [0.1, 0.15) is 36.3 Å². The third kappa shape index (κ3) is 5.65. The van der Waals surface area contributed by atoms with Gasteiger partial charge in [0.15, 0.2) is 11.5 Å². The molecular formula is C30H30FN5O5.